The third kappa shape index (κ3) is 43.7. The molecule has 0 heterocycles. The van der Waals surface area contributed by atoms with E-state index < -0.39 is 0 Å². The minimum absolute atomic E-state index is 0. The van der Waals surface area contributed by atoms with Gasteiger partial charge in [0.05, 0.1) is 0 Å². The zero-order valence-corrected chi connectivity index (χ0v) is 8.30. The van der Waals surface area contributed by atoms with Crippen molar-refractivity contribution >= 4 is 24.8 Å². The summed E-state index contributed by atoms with van der Waals surface area (Å²) in [5.41, 5.74) is 0. The molecule has 0 aromatic heterocycles. The summed E-state index contributed by atoms with van der Waals surface area (Å²) in [5, 5.41) is 0. The van der Waals surface area contributed by atoms with E-state index in [0.717, 1.165) is 0 Å². The third-order valence-electron chi connectivity index (χ3n) is 0. The van der Waals surface area contributed by atoms with Crippen LogP contribution in [0.4, 0.5) is 0 Å². The van der Waals surface area contributed by atoms with Crippen LogP contribution in [0, 0.1) is 47.8 Å². The first-order valence-corrected chi connectivity index (χ1v) is 0.854. The van der Waals surface area contributed by atoms with Gasteiger partial charge in [-0.3, -0.25) is 6.58 Å². The largest absolute Gasteiger partial charge is 0.507 e. The van der Waals surface area contributed by atoms with Gasteiger partial charge in [0.25, 0.3) is 0 Å². The fourth-order valence-electron chi connectivity index (χ4n) is 0. The van der Waals surface area contributed by atoms with Gasteiger partial charge in [0.15, 0.2) is 0 Å². The van der Waals surface area contributed by atoms with Gasteiger partial charge >= 0.3 is 0 Å². The number of rotatable bonds is 0. The van der Waals surface area contributed by atoms with E-state index in [1.807, 2.05) is 0 Å². The van der Waals surface area contributed by atoms with E-state index in [-0.39, 0.29) is 66.6 Å². The molecule has 6 heavy (non-hydrogen) atoms. The fourth-order valence-corrected chi connectivity index (χ4v) is 0. The first kappa shape index (κ1) is 25.3. The van der Waals surface area contributed by atoms with Gasteiger partial charge in [-0.2, -0.15) is 6.92 Å². The van der Waals surface area contributed by atoms with Crippen molar-refractivity contribution in [1.29, 1.82) is 0 Å². The van der Waals surface area contributed by atoms with Gasteiger partial charge in [-0.1, -0.05) is 0 Å². The van der Waals surface area contributed by atoms with E-state index in [9.17, 15) is 0 Å². The Hall–Kier alpha value is 1.70. The number of halogens is 2. The Labute approximate surface area is 85.0 Å². The molecule has 0 aromatic rings. The number of hydrogen-bond donors (Lipinski definition) is 0. The van der Waals surface area contributed by atoms with E-state index in [1.165, 1.54) is 0 Å². The predicted molar refractivity (Wildman–Crippen MR) is 29.0 cm³/mol. The Balaban J connectivity index is -0.00000000667. The molecule has 0 rings (SSSR count). The van der Waals surface area contributed by atoms with E-state index >= 15 is 0 Å². The van der Waals surface area contributed by atoms with Gasteiger partial charge in [-0.15, -0.1) is 24.8 Å². The van der Waals surface area contributed by atoms with Crippen LogP contribution < -0.4 is 0 Å². The first-order chi connectivity index (χ1) is 1.41. The summed E-state index contributed by atoms with van der Waals surface area (Å²) in [6.07, 6.45) is 2.50. The predicted octanol–water partition coefficient (Wildman–Crippen LogP) is 1.84. The Morgan fingerprint density at radius 2 is 1.33 bits per heavy atom. The molecular weight excluding hydrogens is 247 g/mol. The molecule has 0 nitrogen and oxygen atoms in total. The van der Waals surface area contributed by atoms with E-state index in [1.54, 1.807) is 6.92 Å². The van der Waals surface area contributed by atoms with Crippen LogP contribution in [0.3, 0.4) is 0 Å². The van der Waals surface area contributed by atoms with E-state index in [0.29, 0.717) is 0 Å². The second-order valence-corrected chi connectivity index (χ2v) is 0.354. The summed E-state index contributed by atoms with van der Waals surface area (Å²) in [6, 6.07) is 0. The van der Waals surface area contributed by atoms with Crippen LogP contribution in [0.1, 0.15) is 6.92 Å². The minimum atomic E-state index is 0. The molecule has 0 aliphatic heterocycles. The summed E-state index contributed by atoms with van der Waals surface area (Å²) >= 11 is 0. The van der Waals surface area contributed by atoms with Gasteiger partial charge in [0.2, 0.25) is 0 Å². The van der Waals surface area contributed by atoms with Crippen molar-refractivity contribution in [3.05, 3.63) is 12.7 Å². The number of allylic oxidation sites excluding steroid dienone is 1. The molecule has 0 saturated heterocycles. The normalized spacial score (nSPS) is 2.17. The molecule has 0 radical (unpaired) electrons. The molecule has 0 fully saturated rings. The standard InChI is InChI=1S/C3H5.Ce.2ClH/c1-3-2;;;/h1H2,2H3;;2*1H/q-1;;;. The second-order valence-electron chi connectivity index (χ2n) is 0.354. The SMILES string of the molecule is C=[C-]C.Cl.Cl.[Ce]. The van der Waals surface area contributed by atoms with Crippen LogP contribution >= 0.6 is 24.8 Å². The van der Waals surface area contributed by atoms with Crippen LogP contribution in [0.5, 0.6) is 0 Å². The summed E-state index contributed by atoms with van der Waals surface area (Å²) < 4.78 is 0. The van der Waals surface area contributed by atoms with Crippen molar-refractivity contribution in [3.8, 4) is 0 Å². The summed E-state index contributed by atoms with van der Waals surface area (Å²) in [4.78, 5) is 0. The summed E-state index contributed by atoms with van der Waals surface area (Å²) in [6.45, 7) is 5.00. The maximum absolute atomic E-state index is 3.24. The molecule has 0 unspecified atom stereocenters. The fraction of sp³-hybridized carbons (Fsp3) is 0.333. The molecule has 0 aliphatic rings. The molecule has 0 aliphatic carbocycles. The van der Waals surface area contributed by atoms with Crippen LogP contribution in [-0.2, 0) is 0 Å². The van der Waals surface area contributed by atoms with Gasteiger partial charge < -0.3 is 6.08 Å². The molecule has 38 valence electrons. The molecule has 0 saturated carbocycles. The van der Waals surface area contributed by atoms with Crippen molar-refractivity contribution < 1.29 is 41.7 Å². The maximum atomic E-state index is 3.24. The van der Waals surface area contributed by atoms with Crippen LogP contribution in [0.25, 0.3) is 0 Å². The third-order valence-corrected chi connectivity index (χ3v) is 0. The average molecular weight is 254 g/mol. The number of hydrogen-bond acceptors (Lipinski definition) is 0. The van der Waals surface area contributed by atoms with E-state index in [4.69, 9.17) is 0 Å². The van der Waals surface area contributed by atoms with E-state index in [2.05, 4.69) is 12.7 Å². The van der Waals surface area contributed by atoms with Crippen molar-refractivity contribution in [3.63, 3.8) is 0 Å². The Morgan fingerprint density at radius 1 is 1.33 bits per heavy atom. The van der Waals surface area contributed by atoms with Crippen LogP contribution in [-0.4, -0.2) is 0 Å². The molecule has 0 spiro atoms. The zero-order valence-electron chi connectivity index (χ0n) is 3.52. The van der Waals surface area contributed by atoms with Gasteiger partial charge in [-0.05, 0) is 0 Å². The second kappa shape index (κ2) is 29.9. The molecular formula is C3H7CeCl2-. The van der Waals surface area contributed by atoms with Crippen LogP contribution in [0.15, 0.2) is 6.58 Å². The molecule has 0 amide bonds. The molecule has 0 bridgehead atoms. The Kier molecular flexibility index (Phi) is 126. The van der Waals surface area contributed by atoms with Crippen molar-refractivity contribution in [1.82, 2.24) is 0 Å². The molecule has 0 aromatic carbocycles. The van der Waals surface area contributed by atoms with Crippen molar-refractivity contribution in [2.45, 2.75) is 6.92 Å². The average Bonchev–Trinajstić information content (AvgIpc) is 0.918. The summed E-state index contributed by atoms with van der Waals surface area (Å²) in [7, 11) is 0. The minimum Gasteiger partial charge on any atom is -0.507 e. The topological polar surface area (TPSA) is 0 Å². The quantitative estimate of drug-likeness (QED) is 0.579. The molecule has 0 N–H and O–H groups in total. The van der Waals surface area contributed by atoms with Crippen molar-refractivity contribution in [2.75, 3.05) is 0 Å². The molecule has 0 atom stereocenters. The Morgan fingerprint density at radius 3 is 1.33 bits per heavy atom. The zero-order chi connectivity index (χ0) is 2.71. The smallest absolute Gasteiger partial charge is 0 e. The van der Waals surface area contributed by atoms with Crippen molar-refractivity contribution in [2.24, 2.45) is 0 Å². The molecule has 3 heteroatoms. The maximum Gasteiger partial charge on any atom is 0 e. The monoisotopic (exact) mass is 253 g/mol. The first-order valence-electron chi connectivity index (χ1n) is 0.854. The van der Waals surface area contributed by atoms with Gasteiger partial charge in [0.1, 0.15) is 0 Å². The Bertz CT molecular complexity index is 16.3. The van der Waals surface area contributed by atoms with Gasteiger partial charge in [0, 0.05) is 41.7 Å². The van der Waals surface area contributed by atoms with Gasteiger partial charge in [-0.25, -0.2) is 0 Å². The van der Waals surface area contributed by atoms with Crippen LogP contribution in [0.2, 0.25) is 0 Å². The summed E-state index contributed by atoms with van der Waals surface area (Å²) in [5.74, 6) is 0.